The summed E-state index contributed by atoms with van der Waals surface area (Å²) in [4.78, 5) is 0. The summed E-state index contributed by atoms with van der Waals surface area (Å²) in [6.45, 7) is 4.36. The Kier molecular flexibility index (Phi) is 6.25. The standard InChI is InChI=1S/C10H19NO/c1-4-9(5-2)7-6-8-10(11)12-3/h6-9H,4-5,11H2,1-3H3/b7-6-,10-8+. The smallest absolute Gasteiger partial charge is 0.183 e. The lowest BCUT2D eigenvalue weighted by Gasteiger charge is -2.03. The number of methoxy groups -OCH3 is 1. The molecular formula is C10H19NO. The maximum Gasteiger partial charge on any atom is 0.183 e. The molecule has 0 bridgehead atoms. The highest BCUT2D eigenvalue weighted by molar-refractivity contribution is 5.06. The molecule has 0 aromatic carbocycles. The van der Waals surface area contributed by atoms with Crippen LogP contribution in [0.15, 0.2) is 24.1 Å². The van der Waals surface area contributed by atoms with Gasteiger partial charge in [-0.25, -0.2) is 0 Å². The van der Waals surface area contributed by atoms with Gasteiger partial charge in [-0.15, -0.1) is 0 Å². The van der Waals surface area contributed by atoms with Gasteiger partial charge in [0.25, 0.3) is 0 Å². The summed E-state index contributed by atoms with van der Waals surface area (Å²) in [5.74, 6) is 1.11. The molecule has 70 valence electrons. The van der Waals surface area contributed by atoms with Crippen LogP contribution in [-0.2, 0) is 4.74 Å². The van der Waals surface area contributed by atoms with Crippen LogP contribution in [0.4, 0.5) is 0 Å². The van der Waals surface area contributed by atoms with E-state index in [1.165, 1.54) is 12.8 Å². The number of rotatable bonds is 5. The summed E-state index contributed by atoms with van der Waals surface area (Å²) >= 11 is 0. The minimum absolute atomic E-state index is 0.456. The first kappa shape index (κ1) is 11.1. The van der Waals surface area contributed by atoms with Crippen LogP contribution in [0, 0.1) is 5.92 Å². The van der Waals surface area contributed by atoms with E-state index in [0.717, 1.165) is 0 Å². The van der Waals surface area contributed by atoms with E-state index in [9.17, 15) is 0 Å². The van der Waals surface area contributed by atoms with Crippen LogP contribution in [-0.4, -0.2) is 7.11 Å². The predicted molar refractivity (Wildman–Crippen MR) is 52.5 cm³/mol. The molecule has 0 heterocycles. The number of hydrogen-bond donors (Lipinski definition) is 1. The number of allylic oxidation sites excluding steroid dienone is 3. The van der Waals surface area contributed by atoms with Crippen molar-refractivity contribution in [2.24, 2.45) is 11.7 Å². The molecule has 0 aromatic rings. The van der Waals surface area contributed by atoms with E-state index < -0.39 is 0 Å². The molecule has 0 atom stereocenters. The Labute approximate surface area is 75.1 Å². The second kappa shape index (κ2) is 6.77. The Bertz CT molecular complexity index is 157. The average molecular weight is 169 g/mol. The third kappa shape index (κ3) is 4.83. The maximum atomic E-state index is 5.43. The van der Waals surface area contributed by atoms with Gasteiger partial charge in [-0.2, -0.15) is 0 Å². The third-order valence-electron chi connectivity index (χ3n) is 1.93. The van der Waals surface area contributed by atoms with Crippen molar-refractivity contribution in [3.63, 3.8) is 0 Å². The van der Waals surface area contributed by atoms with Gasteiger partial charge in [-0.1, -0.05) is 26.0 Å². The lowest BCUT2D eigenvalue weighted by molar-refractivity contribution is 0.287. The van der Waals surface area contributed by atoms with Gasteiger partial charge in [0.2, 0.25) is 0 Å². The second-order valence-electron chi connectivity index (χ2n) is 2.73. The van der Waals surface area contributed by atoms with E-state index in [4.69, 9.17) is 10.5 Å². The molecule has 0 aliphatic rings. The van der Waals surface area contributed by atoms with Gasteiger partial charge in [-0.3, -0.25) is 0 Å². The van der Waals surface area contributed by atoms with Gasteiger partial charge in [0, 0.05) is 0 Å². The van der Waals surface area contributed by atoms with Crippen LogP contribution in [0.1, 0.15) is 26.7 Å². The molecule has 2 heteroatoms. The third-order valence-corrected chi connectivity index (χ3v) is 1.93. The summed E-state index contributed by atoms with van der Waals surface area (Å²) in [6, 6.07) is 0. The monoisotopic (exact) mass is 169 g/mol. The molecule has 0 saturated heterocycles. The Morgan fingerprint density at radius 1 is 1.42 bits per heavy atom. The Hall–Kier alpha value is -0.920. The van der Waals surface area contributed by atoms with Crippen molar-refractivity contribution < 1.29 is 4.74 Å². The molecular weight excluding hydrogens is 150 g/mol. The minimum atomic E-state index is 0.456. The zero-order chi connectivity index (χ0) is 9.40. The highest BCUT2D eigenvalue weighted by Crippen LogP contribution is 2.08. The van der Waals surface area contributed by atoms with Crippen LogP contribution in [0.2, 0.25) is 0 Å². The van der Waals surface area contributed by atoms with Crippen LogP contribution in [0.3, 0.4) is 0 Å². The first-order valence-corrected chi connectivity index (χ1v) is 4.42. The molecule has 12 heavy (non-hydrogen) atoms. The molecule has 0 rings (SSSR count). The van der Waals surface area contributed by atoms with E-state index >= 15 is 0 Å². The number of hydrogen-bond acceptors (Lipinski definition) is 2. The van der Waals surface area contributed by atoms with Crippen molar-refractivity contribution in [1.29, 1.82) is 0 Å². The fourth-order valence-electron chi connectivity index (χ4n) is 0.936. The molecule has 2 nitrogen and oxygen atoms in total. The van der Waals surface area contributed by atoms with E-state index in [1.54, 1.807) is 13.2 Å². The second-order valence-corrected chi connectivity index (χ2v) is 2.73. The fourth-order valence-corrected chi connectivity index (χ4v) is 0.936. The zero-order valence-electron chi connectivity index (χ0n) is 8.21. The Morgan fingerprint density at radius 3 is 2.42 bits per heavy atom. The van der Waals surface area contributed by atoms with Crippen LogP contribution < -0.4 is 5.73 Å². The predicted octanol–water partition coefficient (Wildman–Crippen LogP) is 2.43. The number of nitrogens with two attached hydrogens (primary N) is 1. The molecule has 0 unspecified atom stereocenters. The van der Waals surface area contributed by atoms with Crippen LogP contribution >= 0.6 is 0 Å². The summed E-state index contributed by atoms with van der Waals surface area (Å²) in [5, 5.41) is 0. The molecule has 0 fully saturated rings. The minimum Gasteiger partial charge on any atom is -0.483 e. The molecule has 0 amide bonds. The highest BCUT2D eigenvalue weighted by atomic mass is 16.5. The van der Waals surface area contributed by atoms with Crippen molar-refractivity contribution in [3.8, 4) is 0 Å². The van der Waals surface area contributed by atoms with Crippen molar-refractivity contribution >= 4 is 0 Å². The first-order chi connectivity index (χ1) is 5.74. The molecule has 0 saturated carbocycles. The van der Waals surface area contributed by atoms with E-state index in [2.05, 4.69) is 19.9 Å². The lowest BCUT2D eigenvalue weighted by Crippen LogP contribution is -1.97. The zero-order valence-corrected chi connectivity index (χ0v) is 8.21. The van der Waals surface area contributed by atoms with Crippen molar-refractivity contribution in [1.82, 2.24) is 0 Å². The maximum absolute atomic E-state index is 5.43. The summed E-state index contributed by atoms with van der Waals surface area (Å²) in [7, 11) is 1.57. The van der Waals surface area contributed by atoms with Gasteiger partial charge in [-0.05, 0) is 24.8 Å². The molecule has 0 spiro atoms. The summed E-state index contributed by atoms with van der Waals surface area (Å²) in [5.41, 5.74) is 5.43. The Balaban J connectivity index is 3.88. The first-order valence-electron chi connectivity index (χ1n) is 4.42. The topological polar surface area (TPSA) is 35.2 Å². The van der Waals surface area contributed by atoms with Crippen molar-refractivity contribution in [3.05, 3.63) is 24.1 Å². The molecule has 0 aliphatic heterocycles. The van der Waals surface area contributed by atoms with Crippen molar-refractivity contribution in [2.75, 3.05) is 7.11 Å². The summed E-state index contributed by atoms with van der Waals surface area (Å²) < 4.78 is 4.79. The van der Waals surface area contributed by atoms with Gasteiger partial charge >= 0.3 is 0 Å². The van der Waals surface area contributed by atoms with Gasteiger partial charge in [0.05, 0.1) is 7.11 Å². The number of ether oxygens (including phenoxy) is 1. The van der Waals surface area contributed by atoms with Gasteiger partial charge < -0.3 is 10.5 Å². The quantitative estimate of drug-likeness (QED) is 0.506. The van der Waals surface area contributed by atoms with Crippen LogP contribution in [0.25, 0.3) is 0 Å². The SMILES string of the molecule is CCC(/C=C\C=C(/N)OC)CC. The molecule has 2 N–H and O–H groups in total. The average Bonchev–Trinajstić information content (AvgIpc) is 2.12. The molecule has 0 aromatic heterocycles. The highest BCUT2D eigenvalue weighted by Gasteiger charge is 1.94. The van der Waals surface area contributed by atoms with E-state index in [1.807, 2.05) is 6.08 Å². The molecule has 0 aliphatic carbocycles. The lowest BCUT2D eigenvalue weighted by atomic mass is 10.0. The Morgan fingerprint density at radius 2 is 2.00 bits per heavy atom. The largest absolute Gasteiger partial charge is 0.483 e. The van der Waals surface area contributed by atoms with Gasteiger partial charge in [0.15, 0.2) is 5.88 Å². The fraction of sp³-hybridized carbons (Fsp3) is 0.600. The van der Waals surface area contributed by atoms with E-state index in [-0.39, 0.29) is 0 Å². The summed E-state index contributed by atoms with van der Waals surface area (Å²) in [6.07, 6.45) is 8.24. The van der Waals surface area contributed by atoms with Crippen LogP contribution in [0.5, 0.6) is 0 Å². The molecule has 0 radical (unpaired) electrons. The van der Waals surface area contributed by atoms with Gasteiger partial charge in [0.1, 0.15) is 0 Å². The normalized spacial score (nSPS) is 12.8. The van der Waals surface area contributed by atoms with E-state index in [0.29, 0.717) is 11.8 Å². The van der Waals surface area contributed by atoms with Crippen molar-refractivity contribution in [2.45, 2.75) is 26.7 Å².